The van der Waals surface area contributed by atoms with Crippen LogP contribution in [0.5, 0.6) is 0 Å². The zero-order chi connectivity index (χ0) is 10.8. The molecule has 0 aliphatic heterocycles. The van der Waals surface area contributed by atoms with E-state index in [-0.39, 0.29) is 10.8 Å². The summed E-state index contributed by atoms with van der Waals surface area (Å²) in [6.07, 6.45) is 0. The second-order valence-corrected chi connectivity index (χ2v) is 3.77. The lowest BCUT2D eigenvalue weighted by Crippen LogP contribution is -2.10. The SMILES string of the molecule is NC(=O)c1nc(-c2cccc(F)c2)cs1. The normalized spacial score (nSPS) is 10.2. The van der Waals surface area contributed by atoms with E-state index in [4.69, 9.17) is 5.73 Å². The molecule has 0 atom stereocenters. The molecule has 0 aliphatic rings. The summed E-state index contributed by atoms with van der Waals surface area (Å²) in [5.74, 6) is -0.899. The lowest BCUT2D eigenvalue weighted by atomic mass is 10.2. The Labute approximate surface area is 89.4 Å². The van der Waals surface area contributed by atoms with Crippen LogP contribution >= 0.6 is 11.3 Å². The van der Waals surface area contributed by atoms with Gasteiger partial charge in [0.2, 0.25) is 0 Å². The zero-order valence-electron chi connectivity index (χ0n) is 7.61. The maximum absolute atomic E-state index is 12.9. The van der Waals surface area contributed by atoms with Crippen LogP contribution in [0.15, 0.2) is 29.6 Å². The zero-order valence-corrected chi connectivity index (χ0v) is 8.42. The molecule has 2 N–H and O–H groups in total. The molecule has 0 radical (unpaired) electrons. The standard InChI is InChI=1S/C10H7FN2OS/c11-7-3-1-2-6(4-7)8-5-15-10(13-8)9(12)14/h1-5H,(H2,12,14). The summed E-state index contributed by atoms with van der Waals surface area (Å²) < 4.78 is 12.9. The molecule has 1 aromatic carbocycles. The van der Waals surface area contributed by atoms with E-state index in [1.54, 1.807) is 17.5 Å². The summed E-state index contributed by atoms with van der Waals surface area (Å²) in [7, 11) is 0. The van der Waals surface area contributed by atoms with Crippen molar-refractivity contribution in [3.8, 4) is 11.3 Å². The van der Waals surface area contributed by atoms with Crippen molar-refractivity contribution in [2.75, 3.05) is 0 Å². The van der Waals surface area contributed by atoms with Gasteiger partial charge in [0.1, 0.15) is 5.82 Å². The molecule has 15 heavy (non-hydrogen) atoms. The lowest BCUT2D eigenvalue weighted by Gasteiger charge is -1.95. The molecule has 1 heterocycles. The fourth-order valence-electron chi connectivity index (χ4n) is 1.17. The Bertz CT molecular complexity index is 510. The third-order valence-corrected chi connectivity index (χ3v) is 2.69. The number of rotatable bonds is 2. The lowest BCUT2D eigenvalue weighted by molar-refractivity contribution is 0.1000. The molecule has 0 saturated heterocycles. The van der Waals surface area contributed by atoms with Gasteiger partial charge >= 0.3 is 0 Å². The predicted octanol–water partition coefficient (Wildman–Crippen LogP) is 2.05. The van der Waals surface area contributed by atoms with Crippen molar-refractivity contribution in [1.82, 2.24) is 4.98 Å². The van der Waals surface area contributed by atoms with Gasteiger partial charge in [-0.05, 0) is 12.1 Å². The second kappa shape index (κ2) is 3.78. The van der Waals surface area contributed by atoms with Crippen LogP contribution in [0.4, 0.5) is 4.39 Å². The molecule has 5 heteroatoms. The number of hydrogen-bond acceptors (Lipinski definition) is 3. The van der Waals surface area contributed by atoms with Crippen molar-refractivity contribution < 1.29 is 9.18 Å². The Kier molecular flexibility index (Phi) is 2.47. The number of benzene rings is 1. The Morgan fingerprint density at radius 2 is 2.27 bits per heavy atom. The molecule has 1 amide bonds. The number of amides is 1. The maximum atomic E-state index is 12.9. The van der Waals surface area contributed by atoms with Crippen LogP contribution in [0, 0.1) is 5.82 Å². The van der Waals surface area contributed by atoms with E-state index in [0.717, 1.165) is 11.3 Å². The highest BCUT2D eigenvalue weighted by Gasteiger charge is 2.08. The molecule has 2 rings (SSSR count). The van der Waals surface area contributed by atoms with Crippen molar-refractivity contribution in [3.05, 3.63) is 40.5 Å². The van der Waals surface area contributed by atoms with Gasteiger partial charge in [-0.2, -0.15) is 0 Å². The van der Waals surface area contributed by atoms with E-state index in [0.29, 0.717) is 11.3 Å². The minimum Gasteiger partial charge on any atom is -0.364 e. The van der Waals surface area contributed by atoms with Crippen molar-refractivity contribution >= 4 is 17.2 Å². The maximum Gasteiger partial charge on any atom is 0.277 e. The van der Waals surface area contributed by atoms with Crippen LogP contribution in [0.25, 0.3) is 11.3 Å². The first kappa shape index (κ1) is 9.79. The molecule has 0 aliphatic carbocycles. The van der Waals surface area contributed by atoms with Gasteiger partial charge in [-0.15, -0.1) is 11.3 Å². The van der Waals surface area contributed by atoms with Crippen LogP contribution in [0.3, 0.4) is 0 Å². The third-order valence-electron chi connectivity index (χ3n) is 1.84. The largest absolute Gasteiger partial charge is 0.364 e. The van der Waals surface area contributed by atoms with Gasteiger partial charge in [-0.1, -0.05) is 12.1 Å². The van der Waals surface area contributed by atoms with Crippen molar-refractivity contribution in [2.24, 2.45) is 5.73 Å². The Hall–Kier alpha value is -1.75. The van der Waals surface area contributed by atoms with E-state index in [2.05, 4.69) is 4.98 Å². The Morgan fingerprint density at radius 3 is 2.87 bits per heavy atom. The minimum atomic E-state index is -0.567. The van der Waals surface area contributed by atoms with Crippen LogP contribution in [-0.2, 0) is 0 Å². The number of thiazole rings is 1. The summed E-state index contributed by atoms with van der Waals surface area (Å²) >= 11 is 1.15. The van der Waals surface area contributed by atoms with Crippen LogP contribution in [0.2, 0.25) is 0 Å². The van der Waals surface area contributed by atoms with E-state index >= 15 is 0 Å². The van der Waals surface area contributed by atoms with Gasteiger partial charge in [-0.25, -0.2) is 9.37 Å². The molecule has 3 nitrogen and oxygen atoms in total. The van der Waals surface area contributed by atoms with E-state index < -0.39 is 5.91 Å². The summed E-state index contributed by atoms with van der Waals surface area (Å²) in [5.41, 5.74) is 6.27. The smallest absolute Gasteiger partial charge is 0.277 e. The van der Waals surface area contributed by atoms with E-state index in [1.165, 1.54) is 12.1 Å². The van der Waals surface area contributed by atoms with E-state index in [1.807, 2.05) is 0 Å². The van der Waals surface area contributed by atoms with Gasteiger partial charge in [0.05, 0.1) is 5.69 Å². The highest BCUT2D eigenvalue weighted by molar-refractivity contribution is 7.12. The minimum absolute atomic E-state index is 0.231. The number of carbonyl (C=O) groups is 1. The highest BCUT2D eigenvalue weighted by Crippen LogP contribution is 2.22. The molecule has 0 bridgehead atoms. The third kappa shape index (κ3) is 2.02. The summed E-state index contributed by atoms with van der Waals surface area (Å²) in [6.45, 7) is 0. The number of nitrogens with zero attached hydrogens (tertiary/aromatic N) is 1. The molecular formula is C10H7FN2OS. The van der Waals surface area contributed by atoms with Crippen LogP contribution in [-0.4, -0.2) is 10.9 Å². The number of nitrogens with two attached hydrogens (primary N) is 1. The fraction of sp³-hybridized carbons (Fsp3) is 0. The molecular weight excluding hydrogens is 215 g/mol. The molecule has 0 spiro atoms. The highest BCUT2D eigenvalue weighted by atomic mass is 32.1. The summed E-state index contributed by atoms with van der Waals surface area (Å²) in [5, 5.41) is 1.91. The van der Waals surface area contributed by atoms with Crippen molar-refractivity contribution in [1.29, 1.82) is 0 Å². The number of hydrogen-bond donors (Lipinski definition) is 1. The number of carbonyl (C=O) groups excluding carboxylic acids is 1. The molecule has 0 unspecified atom stereocenters. The van der Waals surface area contributed by atoms with Gasteiger partial charge in [0.25, 0.3) is 5.91 Å². The van der Waals surface area contributed by atoms with Crippen molar-refractivity contribution in [3.63, 3.8) is 0 Å². The number of halogens is 1. The van der Waals surface area contributed by atoms with Gasteiger partial charge < -0.3 is 5.73 Å². The number of aromatic nitrogens is 1. The van der Waals surface area contributed by atoms with E-state index in [9.17, 15) is 9.18 Å². The summed E-state index contributed by atoms with van der Waals surface area (Å²) in [4.78, 5) is 14.8. The van der Waals surface area contributed by atoms with Crippen molar-refractivity contribution in [2.45, 2.75) is 0 Å². The first-order valence-corrected chi connectivity index (χ1v) is 5.06. The van der Waals surface area contributed by atoms with Crippen LogP contribution in [0.1, 0.15) is 9.80 Å². The number of primary amides is 1. The second-order valence-electron chi connectivity index (χ2n) is 2.91. The average Bonchev–Trinajstić information content (AvgIpc) is 2.66. The monoisotopic (exact) mass is 222 g/mol. The average molecular weight is 222 g/mol. The first-order valence-electron chi connectivity index (χ1n) is 4.18. The molecule has 76 valence electrons. The molecule has 1 aromatic heterocycles. The quantitative estimate of drug-likeness (QED) is 0.845. The molecule has 0 saturated carbocycles. The molecule has 2 aromatic rings. The van der Waals surface area contributed by atoms with Gasteiger partial charge in [0.15, 0.2) is 5.01 Å². The topological polar surface area (TPSA) is 56.0 Å². The van der Waals surface area contributed by atoms with Gasteiger partial charge in [-0.3, -0.25) is 4.79 Å². The Balaban J connectivity index is 2.41. The fourth-order valence-corrected chi connectivity index (χ4v) is 1.85. The first-order chi connectivity index (χ1) is 7.16. The summed E-state index contributed by atoms with van der Waals surface area (Å²) in [6, 6.07) is 6.03. The van der Waals surface area contributed by atoms with Gasteiger partial charge in [0, 0.05) is 10.9 Å². The molecule has 0 fully saturated rings. The Morgan fingerprint density at radius 1 is 1.47 bits per heavy atom. The predicted molar refractivity (Wildman–Crippen MR) is 56.0 cm³/mol. The van der Waals surface area contributed by atoms with Crippen LogP contribution < -0.4 is 5.73 Å².